The van der Waals surface area contributed by atoms with E-state index in [1.54, 1.807) is 30.3 Å². The highest BCUT2D eigenvalue weighted by Crippen LogP contribution is 2.46. The van der Waals surface area contributed by atoms with Crippen LogP contribution in [0.3, 0.4) is 0 Å². The predicted octanol–water partition coefficient (Wildman–Crippen LogP) is 3.45. The van der Waals surface area contributed by atoms with Crippen molar-refractivity contribution in [3.8, 4) is 40.2 Å². The van der Waals surface area contributed by atoms with E-state index in [-0.39, 0.29) is 35.2 Å². The number of phenolic OH excluding ortho intramolecular Hbond substituents is 2. The number of fused-ring (bicyclic) bond motifs is 2. The van der Waals surface area contributed by atoms with Gasteiger partial charge in [0.25, 0.3) is 0 Å². The van der Waals surface area contributed by atoms with Gasteiger partial charge in [0.05, 0.1) is 20.3 Å². The summed E-state index contributed by atoms with van der Waals surface area (Å²) in [6.07, 6.45) is -3.40. The van der Waals surface area contributed by atoms with Gasteiger partial charge in [-0.05, 0) is 36.2 Å². The molecule has 4 N–H and O–H groups in total. The number of carbonyl (C=O) groups excluding carboxylic acids is 1. The molecule has 0 spiro atoms. The number of aliphatic hydroxyl groups is 2. The van der Waals surface area contributed by atoms with Gasteiger partial charge in [-0.15, -0.1) is 0 Å². The summed E-state index contributed by atoms with van der Waals surface area (Å²) in [4.78, 5) is 13.0. The number of phenols is 2. The summed E-state index contributed by atoms with van der Waals surface area (Å²) in [5.41, 5.74) is 0.924. The number of ether oxygens (including phenoxy) is 5. The third-order valence-corrected chi connectivity index (χ3v) is 6.46. The zero-order valence-electron chi connectivity index (χ0n) is 20.8. The second-order valence-electron chi connectivity index (χ2n) is 9.03. The third-order valence-electron chi connectivity index (χ3n) is 6.46. The summed E-state index contributed by atoms with van der Waals surface area (Å²) in [5.74, 6) is 0.292. The minimum Gasteiger partial charge on any atom is -0.507 e. The van der Waals surface area contributed by atoms with Gasteiger partial charge < -0.3 is 44.1 Å². The van der Waals surface area contributed by atoms with E-state index in [9.17, 15) is 25.2 Å². The number of ketones is 1. The Balaban J connectivity index is 1.47. The smallest absolute Gasteiger partial charge is 0.202 e. The minimum absolute atomic E-state index is 0.0427. The third kappa shape index (κ3) is 4.52. The molecule has 4 atom stereocenters. The number of carbonyl (C=O) groups is 1. The Morgan fingerprint density at radius 2 is 1.61 bits per heavy atom. The molecule has 0 saturated carbocycles. The van der Waals surface area contributed by atoms with Crippen molar-refractivity contribution in [2.75, 3.05) is 20.3 Å². The molecule has 3 aromatic carbocycles. The number of hydrogen-bond acceptors (Lipinski definition) is 10. The Hall–Kier alpha value is -4.15. The number of benzene rings is 3. The average Bonchev–Trinajstić information content (AvgIpc) is 2.92. The maximum absolute atomic E-state index is 13.0. The molecule has 2 aliphatic heterocycles. The molecular weight excluding hydrogens is 496 g/mol. The van der Waals surface area contributed by atoms with Crippen molar-refractivity contribution in [2.24, 2.45) is 0 Å². The van der Waals surface area contributed by atoms with Crippen LogP contribution in [0.15, 0.2) is 48.5 Å². The van der Waals surface area contributed by atoms with Crippen molar-refractivity contribution in [3.05, 3.63) is 65.2 Å². The van der Waals surface area contributed by atoms with Crippen LogP contribution in [-0.2, 0) is 0 Å². The fraction of sp³-hybridized carbons (Fsp3) is 0.321. The molecule has 0 fully saturated rings. The van der Waals surface area contributed by atoms with Gasteiger partial charge >= 0.3 is 0 Å². The fourth-order valence-corrected chi connectivity index (χ4v) is 4.57. The van der Waals surface area contributed by atoms with Crippen LogP contribution in [0.1, 0.15) is 47.0 Å². The van der Waals surface area contributed by atoms with Crippen LogP contribution in [0.5, 0.6) is 40.2 Å². The molecule has 200 valence electrons. The number of methoxy groups -OCH3 is 1. The summed E-state index contributed by atoms with van der Waals surface area (Å²) >= 11 is 0. The van der Waals surface area contributed by atoms with Crippen molar-refractivity contribution in [2.45, 2.75) is 37.8 Å². The number of rotatable bonds is 7. The lowest BCUT2D eigenvalue weighted by atomic mass is 9.92. The molecule has 0 amide bonds. The first kappa shape index (κ1) is 25.5. The molecule has 0 bridgehead atoms. The molecular formula is C28H28O10. The van der Waals surface area contributed by atoms with Gasteiger partial charge in [-0.1, -0.05) is 19.1 Å². The predicted molar refractivity (Wildman–Crippen MR) is 134 cm³/mol. The largest absolute Gasteiger partial charge is 0.507 e. The van der Waals surface area contributed by atoms with Crippen LogP contribution in [0.2, 0.25) is 0 Å². The normalized spacial score (nSPS) is 21.8. The Bertz CT molecular complexity index is 1350. The Morgan fingerprint density at radius 3 is 2.34 bits per heavy atom. The highest BCUT2D eigenvalue weighted by atomic mass is 16.6. The SMILES string of the molecule is CCCOc1cc(O)c2c(c1)O[C@H](c1ccc3c(c1)OC(c1ccc(O)c(OC)c1)C(CO)O3)[C@@H](O)C2=O. The van der Waals surface area contributed by atoms with Gasteiger partial charge in [0.2, 0.25) is 5.78 Å². The molecule has 2 heterocycles. The van der Waals surface area contributed by atoms with Gasteiger partial charge in [0.1, 0.15) is 22.8 Å². The molecule has 10 nitrogen and oxygen atoms in total. The van der Waals surface area contributed by atoms with E-state index < -0.39 is 30.2 Å². The molecule has 0 aromatic heterocycles. The van der Waals surface area contributed by atoms with E-state index in [1.807, 2.05) is 6.92 Å². The molecule has 0 saturated heterocycles. The summed E-state index contributed by atoms with van der Waals surface area (Å²) < 4.78 is 28.9. The lowest BCUT2D eigenvalue weighted by Gasteiger charge is -2.35. The van der Waals surface area contributed by atoms with Gasteiger partial charge in [-0.2, -0.15) is 0 Å². The van der Waals surface area contributed by atoms with E-state index in [2.05, 4.69) is 0 Å². The van der Waals surface area contributed by atoms with Crippen LogP contribution < -0.4 is 23.7 Å². The van der Waals surface area contributed by atoms with Crippen LogP contribution >= 0.6 is 0 Å². The van der Waals surface area contributed by atoms with Crippen LogP contribution in [0, 0.1) is 0 Å². The number of aliphatic hydroxyl groups excluding tert-OH is 2. The quantitative estimate of drug-likeness (QED) is 0.363. The number of Topliss-reactive ketones (excluding diaryl/α,β-unsaturated/α-hetero) is 1. The molecule has 2 aliphatic rings. The van der Waals surface area contributed by atoms with Gasteiger partial charge in [0.15, 0.2) is 47.4 Å². The van der Waals surface area contributed by atoms with E-state index in [4.69, 9.17) is 23.7 Å². The maximum Gasteiger partial charge on any atom is 0.202 e. The summed E-state index contributed by atoms with van der Waals surface area (Å²) in [6.45, 7) is 2.03. The summed E-state index contributed by atoms with van der Waals surface area (Å²) in [7, 11) is 1.43. The minimum atomic E-state index is -1.58. The topological polar surface area (TPSA) is 144 Å². The zero-order valence-corrected chi connectivity index (χ0v) is 20.8. The van der Waals surface area contributed by atoms with Crippen molar-refractivity contribution in [1.29, 1.82) is 0 Å². The number of aromatic hydroxyl groups is 2. The molecule has 0 radical (unpaired) electrons. The highest BCUT2D eigenvalue weighted by Gasteiger charge is 2.40. The highest BCUT2D eigenvalue weighted by molar-refractivity contribution is 6.05. The Labute approximate surface area is 218 Å². The lowest BCUT2D eigenvalue weighted by molar-refractivity contribution is -0.0130. The molecule has 5 rings (SSSR count). The van der Waals surface area contributed by atoms with E-state index in [0.717, 1.165) is 6.42 Å². The summed E-state index contributed by atoms with van der Waals surface area (Å²) in [6, 6.07) is 12.4. The van der Waals surface area contributed by atoms with E-state index >= 15 is 0 Å². The molecule has 0 aliphatic carbocycles. The van der Waals surface area contributed by atoms with Crippen molar-refractivity contribution >= 4 is 5.78 Å². The van der Waals surface area contributed by atoms with Crippen molar-refractivity contribution in [3.63, 3.8) is 0 Å². The van der Waals surface area contributed by atoms with Crippen molar-refractivity contribution < 1.29 is 48.9 Å². The molecule has 2 unspecified atom stereocenters. The van der Waals surface area contributed by atoms with E-state index in [0.29, 0.717) is 35.0 Å². The first-order valence-electron chi connectivity index (χ1n) is 12.2. The van der Waals surface area contributed by atoms with Crippen LogP contribution in [0.25, 0.3) is 0 Å². The van der Waals surface area contributed by atoms with Gasteiger partial charge in [-0.25, -0.2) is 0 Å². The lowest BCUT2D eigenvalue weighted by Crippen LogP contribution is -2.37. The monoisotopic (exact) mass is 524 g/mol. The Kier molecular flexibility index (Phi) is 6.92. The van der Waals surface area contributed by atoms with Crippen molar-refractivity contribution in [1.82, 2.24) is 0 Å². The first-order valence-corrected chi connectivity index (χ1v) is 12.2. The maximum atomic E-state index is 13.0. The average molecular weight is 525 g/mol. The molecule has 38 heavy (non-hydrogen) atoms. The second-order valence-corrected chi connectivity index (χ2v) is 9.03. The van der Waals surface area contributed by atoms with Gasteiger partial charge in [0, 0.05) is 17.7 Å². The first-order chi connectivity index (χ1) is 18.3. The molecule has 10 heteroatoms. The number of hydrogen-bond donors (Lipinski definition) is 4. The fourth-order valence-electron chi connectivity index (χ4n) is 4.57. The van der Waals surface area contributed by atoms with E-state index in [1.165, 1.54) is 25.3 Å². The molecule has 3 aromatic rings. The van der Waals surface area contributed by atoms with Crippen LogP contribution in [0.4, 0.5) is 0 Å². The standard InChI is InChI=1S/C28H28O10/c1-3-8-35-16-11-18(31)24-22(12-16)38-28(26(33)25(24)32)15-5-7-19-21(10-15)37-27(23(13-29)36-19)14-4-6-17(30)20(9-14)34-2/h4-7,9-12,23,26-31,33H,3,8,13H2,1-2H3/t23?,26-,27?,28+/m0/s1. The Morgan fingerprint density at radius 1 is 0.868 bits per heavy atom. The van der Waals surface area contributed by atoms with Gasteiger partial charge in [-0.3, -0.25) is 4.79 Å². The zero-order chi connectivity index (χ0) is 27.0. The second kappa shape index (κ2) is 10.3. The summed E-state index contributed by atoms with van der Waals surface area (Å²) in [5, 5.41) is 41.1. The van der Waals surface area contributed by atoms with Crippen LogP contribution in [-0.4, -0.2) is 58.7 Å².